The maximum absolute atomic E-state index is 13.5. The molecule has 3 heterocycles. The fraction of sp³-hybridized carbons (Fsp3) is 0.355. The van der Waals surface area contributed by atoms with Crippen molar-refractivity contribution in [2.75, 3.05) is 26.3 Å². The number of amides is 1. The van der Waals surface area contributed by atoms with Gasteiger partial charge in [-0.25, -0.2) is 13.9 Å². The van der Waals surface area contributed by atoms with Crippen LogP contribution < -0.4 is 0 Å². The molecule has 1 amide bonds. The minimum atomic E-state index is -0.268. The first-order valence-electron chi connectivity index (χ1n) is 13.4. The summed E-state index contributed by atoms with van der Waals surface area (Å²) in [6, 6.07) is 21.5. The lowest BCUT2D eigenvalue weighted by atomic mass is 9.86. The molecule has 1 saturated carbocycles. The highest BCUT2D eigenvalue weighted by Gasteiger charge is 2.71. The number of aromatic nitrogens is 2. The van der Waals surface area contributed by atoms with E-state index in [-0.39, 0.29) is 23.4 Å². The smallest absolute Gasteiger partial charge is 0.410 e. The second-order valence-electron chi connectivity index (χ2n) is 10.9. The predicted octanol–water partition coefficient (Wildman–Crippen LogP) is 5.76. The standard InChI is InChI=1S/C31H30FN3O3/c1-20-15-28-22(17-33-35(28)24-9-7-23(32)8-10-24)16-26(20)31-19-34(30(36)38-25-11-13-37-14-12-25)18-27(31)29(31)21-5-3-2-4-6-21/h2-10,15-17,25,27,29H,11-14,18-19H2,1H3/t27?,29-,31+/m1/s1. The minimum Gasteiger partial charge on any atom is -0.446 e. The number of carbonyl (C=O) groups excluding carboxylic acids is 1. The fourth-order valence-corrected chi connectivity index (χ4v) is 6.88. The number of piperidine rings is 1. The van der Waals surface area contributed by atoms with E-state index >= 15 is 0 Å². The summed E-state index contributed by atoms with van der Waals surface area (Å²) in [6.07, 6.45) is 3.12. The van der Waals surface area contributed by atoms with Crippen LogP contribution in [0.1, 0.15) is 35.4 Å². The van der Waals surface area contributed by atoms with Crippen LogP contribution in [-0.2, 0) is 14.9 Å². The molecule has 3 atom stereocenters. The number of carbonyl (C=O) groups is 1. The molecule has 4 aromatic rings. The molecule has 6 nitrogen and oxygen atoms in total. The first-order valence-corrected chi connectivity index (χ1v) is 13.4. The van der Waals surface area contributed by atoms with E-state index in [0.717, 1.165) is 29.4 Å². The van der Waals surface area contributed by atoms with Gasteiger partial charge in [-0.15, -0.1) is 0 Å². The summed E-state index contributed by atoms with van der Waals surface area (Å²) in [4.78, 5) is 15.1. The molecule has 1 unspecified atom stereocenters. The van der Waals surface area contributed by atoms with Crippen LogP contribution in [0.25, 0.3) is 16.6 Å². The van der Waals surface area contributed by atoms with Crippen molar-refractivity contribution in [3.63, 3.8) is 0 Å². The van der Waals surface area contributed by atoms with Crippen molar-refractivity contribution in [1.29, 1.82) is 0 Å². The molecular formula is C31H30FN3O3. The third-order valence-electron chi connectivity index (χ3n) is 8.72. The van der Waals surface area contributed by atoms with E-state index in [1.807, 2.05) is 21.8 Å². The van der Waals surface area contributed by atoms with E-state index in [9.17, 15) is 9.18 Å². The number of halogens is 1. The van der Waals surface area contributed by atoms with Gasteiger partial charge in [0.15, 0.2) is 0 Å². The molecule has 7 heteroatoms. The Balaban J connectivity index is 1.24. The highest BCUT2D eigenvalue weighted by atomic mass is 19.1. The lowest BCUT2D eigenvalue weighted by molar-refractivity contribution is -0.00943. The van der Waals surface area contributed by atoms with Crippen LogP contribution in [0.2, 0.25) is 0 Å². The molecule has 1 aliphatic carbocycles. The van der Waals surface area contributed by atoms with Gasteiger partial charge in [-0.2, -0.15) is 5.10 Å². The Morgan fingerprint density at radius 3 is 2.61 bits per heavy atom. The highest BCUT2D eigenvalue weighted by molar-refractivity contribution is 5.83. The lowest BCUT2D eigenvalue weighted by Crippen LogP contribution is -2.38. The number of hydrogen-bond donors (Lipinski definition) is 0. The van der Waals surface area contributed by atoms with Gasteiger partial charge in [0.05, 0.1) is 30.6 Å². The lowest BCUT2D eigenvalue weighted by Gasteiger charge is -2.28. The van der Waals surface area contributed by atoms with E-state index in [1.165, 1.54) is 28.8 Å². The van der Waals surface area contributed by atoms with E-state index in [0.29, 0.717) is 38.1 Å². The highest BCUT2D eigenvalue weighted by Crippen LogP contribution is 2.69. The quantitative estimate of drug-likeness (QED) is 0.350. The zero-order valence-corrected chi connectivity index (χ0v) is 21.3. The third-order valence-corrected chi connectivity index (χ3v) is 8.72. The van der Waals surface area contributed by atoms with E-state index in [4.69, 9.17) is 9.47 Å². The number of nitrogens with zero attached hydrogens (tertiary/aromatic N) is 3. The van der Waals surface area contributed by atoms with Crippen LogP contribution >= 0.6 is 0 Å². The van der Waals surface area contributed by atoms with Crippen LogP contribution in [0, 0.1) is 18.7 Å². The molecule has 0 radical (unpaired) electrons. The molecular weight excluding hydrogens is 481 g/mol. The molecule has 2 saturated heterocycles. The van der Waals surface area contributed by atoms with Crippen molar-refractivity contribution in [3.05, 3.63) is 95.4 Å². The van der Waals surface area contributed by atoms with Gasteiger partial charge >= 0.3 is 6.09 Å². The number of hydrogen-bond acceptors (Lipinski definition) is 4. The van der Waals surface area contributed by atoms with Gasteiger partial charge in [-0.1, -0.05) is 30.3 Å². The predicted molar refractivity (Wildman–Crippen MR) is 142 cm³/mol. The molecule has 1 aromatic heterocycles. The first kappa shape index (κ1) is 23.4. The third kappa shape index (κ3) is 3.71. The van der Waals surface area contributed by atoms with Crippen molar-refractivity contribution in [2.45, 2.75) is 37.2 Å². The molecule has 0 N–H and O–H groups in total. The van der Waals surface area contributed by atoms with Crippen molar-refractivity contribution in [2.24, 2.45) is 5.92 Å². The van der Waals surface area contributed by atoms with Crippen LogP contribution in [0.15, 0.2) is 72.9 Å². The molecule has 3 aromatic carbocycles. The Hall–Kier alpha value is -3.71. The largest absolute Gasteiger partial charge is 0.446 e. The summed E-state index contributed by atoms with van der Waals surface area (Å²) in [5.74, 6) is 0.408. The Kier molecular flexibility index (Phi) is 5.51. The van der Waals surface area contributed by atoms with E-state index in [2.05, 4.69) is 48.4 Å². The molecule has 3 aliphatic rings. The van der Waals surface area contributed by atoms with Gasteiger partial charge in [-0.05, 0) is 65.9 Å². The van der Waals surface area contributed by atoms with Crippen molar-refractivity contribution in [3.8, 4) is 5.69 Å². The molecule has 194 valence electrons. The fourth-order valence-electron chi connectivity index (χ4n) is 6.88. The zero-order chi connectivity index (χ0) is 25.9. The maximum atomic E-state index is 13.5. The Morgan fingerprint density at radius 1 is 1.08 bits per heavy atom. The summed E-state index contributed by atoms with van der Waals surface area (Å²) in [5, 5.41) is 5.66. The number of rotatable bonds is 4. The van der Waals surface area contributed by atoms with Crippen LogP contribution in [0.4, 0.5) is 9.18 Å². The maximum Gasteiger partial charge on any atom is 0.410 e. The summed E-state index contributed by atoms with van der Waals surface area (Å²) < 4.78 is 26.7. The van der Waals surface area contributed by atoms with E-state index in [1.54, 1.807) is 12.1 Å². The molecule has 2 aliphatic heterocycles. The molecule has 7 rings (SSSR count). The van der Waals surface area contributed by atoms with Crippen molar-refractivity contribution in [1.82, 2.24) is 14.7 Å². The van der Waals surface area contributed by atoms with Crippen LogP contribution in [0.5, 0.6) is 0 Å². The monoisotopic (exact) mass is 511 g/mol. The van der Waals surface area contributed by atoms with Gasteiger partial charge in [0.1, 0.15) is 11.9 Å². The number of benzene rings is 3. The minimum absolute atomic E-state index is 0.0653. The van der Waals surface area contributed by atoms with Gasteiger partial charge in [-0.3, -0.25) is 0 Å². The summed E-state index contributed by atoms with van der Waals surface area (Å²) in [5.41, 5.74) is 5.40. The van der Waals surface area contributed by atoms with Crippen molar-refractivity contribution < 1.29 is 18.7 Å². The van der Waals surface area contributed by atoms with E-state index < -0.39 is 0 Å². The number of ether oxygens (including phenoxy) is 2. The number of aryl methyl sites for hydroxylation is 1. The van der Waals surface area contributed by atoms with Gasteiger partial charge in [0.25, 0.3) is 0 Å². The number of fused-ring (bicyclic) bond motifs is 2. The normalized spacial score (nSPS) is 24.9. The Morgan fingerprint density at radius 2 is 1.84 bits per heavy atom. The summed E-state index contributed by atoms with van der Waals surface area (Å²) in [7, 11) is 0. The Labute approximate surface area is 221 Å². The van der Waals surface area contributed by atoms with Gasteiger partial charge in [0, 0.05) is 42.7 Å². The van der Waals surface area contributed by atoms with Crippen LogP contribution in [0.3, 0.4) is 0 Å². The second kappa shape index (κ2) is 8.95. The van der Waals surface area contributed by atoms with Crippen molar-refractivity contribution >= 4 is 17.0 Å². The molecule has 38 heavy (non-hydrogen) atoms. The number of likely N-dealkylation sites (tertiary alicyclic amines) is 1. The Bertz CT molecular complexity index is 1500. The average Bonchev–Trinajstić information content (AvgIpc) is 3.20. The first-order chi connectivity index (χ1) is 18.5. The molecule has 0 spiro atoms. The SMILES string of the molecule is Cc1cc2c(cnn2-c2ccc(F)cc2)cc1[C@@]12CN(C(=O)OC3CCOCC3)CC1[C@H]2c1ccccc1. The average molecular weight is 512 g/mol. The second-order valence-corrected chi connectivity index (χ2v) is 10.9. The summed E-state index contributed by atoms with van der Waals surface area (Å²) >= 11 is 0. The van der Waals surface area contributed by atoms with Gasteiger partial charge in [0.2, 0.25) is 0 Å². The van der Waals surface area contributed by atoms with Crippen LogP contribution in [-0.4, -0.2) is 53.2 Å². The zero-order valence-electron chi connectivity index (χ0n) is 21.3. The molecule has 0 bridgehead atoms. The van der Waals surface area contributed by atoms with Gasteiger partial charge < -0.3 is 14.4 Å². The summed E-state index contributed by atoms with van der Waals surface area (Å²) in [6.45, 7) is 4.76. The molecule has 3 fully saturated rings. The topological polar surface area (TPSA) is 56.6 Å².